The minimum absolute atomic E-state index is 0.0132. The minimum atomic E-state index is -0.454. The second-order valence-electron chi connectivity index (χ2n) is 3.94. The molecule has 3 rings (SSSR count). The summed E-state index contributed by atoms with van der Waals surface area (Å²) < 4.78 is 0. The smallest absolute Gasteiger partial charge is 0.266 e. The van der Waals surface area contributed by atoms with E-state index in [9.17, 15) is 9.59 Å². The maximum Gasteiger partial charge on any atom is 0.285 e. The zero-order chi connectivity index (χ0) is 13.2. The van der Waals surface area contributed by atoms with E-state index in [2.05, 4.69) is 10.2 Å². The molecule has 0 fully saturated rings. The van der Waals surface area contributed by atoms with E-state index in [0.717, 1.165) is 5.06 Å². The van der Waals surface area contributed by atoms with Crippen LogP contribution in [-0.4, -0.2) is 27.1 Å². The summed E-state index contributed by atoms with van der Waals surface area (Å²) in [4.78, 5) is 29.2. The summed E-state index contributed by atoms with van der Waals surface area (Å²) in [7, 11) is 0. The lowest BCUT2D eigenvalue weighted by molar-refractivity contribution is -0.102. The predicted octanol–water partition coefficient (Wildman–Crippen LogP) is 1.20. The van der Waals surface area contributed by atoms with Gasteiger partial charge in [0.1, 0.15) is 6.61 Å². The van der Waals surface area contributed by atoms with E-state index < -0.39 is 11.8 Å². The Labute approximate surface area is 108 Å². The Morgan fingerprint density at radius 3 is 2.26 bits per heavy atom. The number of fused-ring (bicyclic) bond motifs is 1. The van der Waals surface area contributed by atoms with Crippen LogP contribution in [-0.2, 0) is 11.4 Å². The third-order valence-electron chi connectivity index (χ3n) is 2.73. The molecule has 6 heteroatoms. The molecule has 0 aliphatic carbocycles. The van der Waals surface area contributed by atoms with Crippen molar-refractivity contribution in [1.29, 1.82) is 0 Å². The van der Waals surface area contributed by atoms with Crippen LogP contribution >= 0.6 is 0 Å². The van der Waals surface area contributed by atoms with Crippen molar-refractivity contribution >= 4 is 11.8 Å². The van der Waals surface area contributed by atoms with Gasteiger partial charge in [-0.15, -0.1) is 5.06 Å². The van der Waals surface area contributed by atoms with Gasteiger partial charge < -0.3 is 0 Å². The highest BCUT2D eigenvalue weighted by Crippen LogP contribution is 2.22. The molecule has 0 radical (unpaired) electrons. The maximum atomic E-state index is 12.0. The Morgan fingerprint density at radius 1 is 1.00 bits per heavy atom. The molecule has 19 heavy (non-hydrogen) atoms. The fourth-order valence-corrected chi connectivity index (χ4v) is 1.83. The van der Waals surface area contributed by atoms with Crippen LogP contribution in [0.1, 0.15) is 26.4 Å². The van der Waals surface area contributed by atoms with Gasteiger partial charge in [0.15, 0.2) is 0 Å². The molecule has 2 aromatic rings. The normalized spacial score (nSPS) is 13.8. The van der Waals surface area contributed by atoms with Gasteiger partial charge >= 0.3 is 0 Å². The van der Waals surface area contributed by atoms with Crippen molar-refractivity contribution in [2.45, 2.75) is 6.61 Å². The quantitative estimate of drug-likeness (QED) is 0.771. The fourth-order valence-electron chi connectivity index (χ4n) is 1.83. The second kappa shape index (κ2) is 4.58. The second-order valence-corrected chi connectivity index (χ2v) is 3.94. The van der Waals surface area contributed by atoms with Crippen molar-refractivity contribution in [1.82, 2.24) is 15.3 Å². The van der Waals surface area contributed by atoms with Crippen LogP contribution in [0.4, 0.5) is 0 Å². The summed E-state index contributed by atoms with van der Waals surface area (Å²) >= 11 is 0. The number of imide groups is 1. The summed E-state index contributed by atoms with van der Waals surface area (Å²) in [5.41, 5.74) is 1.25. The van der Waals surface area contributed by atoms with Gasteiger partial charge in [0.05, 0.1) is 16.8 Å². The Bertz CT molecular complexity index is 608. The predicted molar refractivity (Wildman–Crippen MR) is 63.8 cm³/mol. The van der Waals surface area contributed by atoms with Crippen LogP contribution in [0.5, 0.6) is 0 Å². The Balaban J connectivity index is 1.78. The number of hydrogen-bond donors (Lipinski definition) is 0. The number of carbonyl (C=O) groups is 2. The molecular weight excluding hydrogens is 246 g/mol. The number of hydroxylamine groups is 2. The third kappa shape index (κ3) is 1.98. The molecule has 1 aliphatic heterocycles. The van der Waals surface area contributed by atoms with Crippen LogP contribution in [0.3, 0.4) is 0 Å². The van der Waals surface area contributed by atoms with Crippen molar-refractivity contribution in [2.75, 3.05) is 0 Å². The van der Waals surface area contributed by atoms with Gasteiger partial charge in [0, 0.05) is 6.20 Å². The first-order chi connectivity index (χ1) is 9.27. The Hall–Kier alpha value is -2.60. The highest BCUT2D eigenvalue weighted by atomic mass is 16.7. The standard InChI is InChI=1S/C13H9N3O3/c17-12-10-5-1-2-6-11(10)13(18)16(12)19-8-9-4-3-7-14-15-9/h1-7H,8H2. The lowest BCUT2D eigenvalue weighted by Crippen LogP contribution is -2.29. The van der Waals surface area contributed by atoms with Crippen LogP contribution in [0.25, 0.3) is 0 Å². The van der Waals surface area contributed by atoms with Crippen LogP contribution in [0.2, 0.25) is 0 Å². The minimum Gasteiger partial charge on any atom is -0.266 e. The van der Waals surface area contributed by atoms with Crippen molar-refractivity contribution in [2.24, 2.45) is 0 Å². The van der Waals surface area contributed by atoms with E-state index in [0.29, 0.717) is 16.8 Å². The first-order valence-electron chi connectivity index (χ1n) is 5.64. The summed E-state index contributed by atoms with van der Waals surface area (Å²) in [6.07, 6.45) is 1.53. The lowest BCUT2D eigenvalue weighted by Gasteiger charge is -2.12. The molecule has 0 saturated carbocycles. The summed E-state index contributed by atoms with van der Waals surface area (Å²) in [6, 6.07) is 10.0. The topological polar surface area (TPSA) is 72.4 Å². The van der Waals surface area contributed by atoms with E-state index in [1.165, 1.54) is 6.20 Å². The van der Waals surface area contributed by atoms with E-state index in [-0.39, 0.29) is 6.61 Å². The highest BCUT2D eigenvalue weighted by molar-refractivity contribution is 6.20. The van der Waals surface area contributed by atoms with Gasteiger partial charge in [-0.25, -0.2) is 0 Å². The van der Waals surface area contributed by atoms with Crippen molar-refractivity contribution in [3.05, 3.63) is 59.4 Å². The number of rotatable bonds is 3. The number of amides is 2. The largest absolute Gasteiger partial charge is 0.285 e. The summed E-state index contributed by atoms with van der Waals surface area (Å²) in [5, 5.41) is 8.27. The number of nitrogens with zero attached hydrogens (tertiary/aromatic N) is 3. The molecule has 0 bridgehead atoms. The highest BCUT2D eigenvalue weighted by Gasteiger charge is 2.36. The first kappa shape index (κ1) is 11.5. The molecule has 0 N–H and O–H groups in total. The van der Waals surface area contributed by atoms with Gasteiger partial charge in [0.2, 0.25) is 0 Å². The molecule has 6 nitrogen and oxygen atoms in total. The molecule has 0 unspecified atom stereocenters. The number of benzene rings is 1. The van der Waals surface area contributed by atoms with E-state index in [1.54, 1.807) is 36.4 Å². The average molecular weight is 255 g/mol. The third-order valence-corrected chi connectivity index (χ3v) is 2.73. The lowest BCUT2D eigenvalue weighted by atomic mass is 10.1. The Kier molecular flexibility index (Phi) is 2.77. The molecule has 1 aromatic carbocycles. The van der Waals surface area contributed by atoms with Crippen molar-refractivity contribution in [3.8, 4) is 0 Å². The zero-order valence-corrected chi connectivity index (χ0v) is 9.81. The van der Waals surface area contributed by atoms with Crippen LogP contribution in [0, 0.1) is 0 Å². The maximum absolute atomic E-state index is 12.0. The molecule has 2 amide bonds. The van der Waals surface area contributed by atoms with Gasteiger partial charge in [-0.05, 0) is 24.3 Å². The Morgan fingerprint density at radius 2 is 1.68 bits per heavy atom. The molecule has 1 aromatic heterocycles. The van der Waals surface area contributed by atoms with Crippen molar-refractivity contribution in [3.63, 3.8) is 0 Å². The van der Waals surface area contributed by atoms with Crippen LogP contribution in [0.15, 0.2) is 42.6 Å². The SMILES string of the molecule is O=C1c2ccccc2C(=O)N1OCc1cccnn1. The van der Waals surface area contributed by atoms with Gasteiger partial charge in [-0.3, -0.25) is 14.4 Å². The van der Waals surface area contributed by atoms with Gasteiger partial charge in [0.25, 0.3) is 11.8 Å². The molecule has 2 heterocycles. The average Bonchev–Trinajstić information content (AvgIpc) is 2.71. The molecular formula is C13H9N3O3. The fraction of sp³-hybridized carbons (Fsp3) is 0.0769. The van der Waals surface area contributed by atoms with E-state index >= 15 is 0 Å². The van der Waals surface area contributed by atoms with E-state index in [1.807, 2.05) is 0 Å². The monoisotopic (exact) mass is 255 g/mol. The molecule has 0 atom stereocenters. The zero-order valence-electron chi connectivity index (χ0n) is 9.81. The van der Waals surface area contributed by atoms with Gasteiger partial charge in [-0.1, -0.05) is 12.1 Å². The molecule has 0 saturated heterocycles. The number of hydrogen-bond acceptors (Lipinski definition) is 5. The van der Waals surface area contributed by atoms with Crippen molar-refractivity contribution < 1.29 is 14.4 Å². The molecule has 1 aliphatic rings. The molecule has 0 spiro atoms. The van der Waals surface area contributed by atoms with Crippen LogP contribution < -0.4 is 0 Å². The number of carbonyl (C=O) groups excluding carboxylic acids is 2. The number of aromatic nitrogens is 2. The summed E-state index contributed by atoms with van der Waals surface area (Å²) in [6.45, 7) is 0.0132. The van der Waals surface area contributed by atoms with E-state index in [4.69, 9.17) is 4.84 Å². The first-order valence-corrected chi connectivity index (χ1v) is 5.64. The molecule has 94 valence electrons. The van der Waals surface area contributed by atoms with Gasteiger partial charge in [-0.2, -0.15) is 10.2 Å². The summed E-state index contributed by atoms with van der Waals surface area (Å²) in [5.74, 6) is -0.908.